The van der Waals surface area contributed by atoms with Gasteiger partial charge in [0.1, 0.15) is 11.5 Å². The van der Waals surface area contributed by atoms with E-state index in [-0.39, 0.29) is 17.7 Å². The number of amides is 2. The minimum Gasteiger partial charge on any atom is -0.457 e. The molecule has 0 aliphatic carbocycles. The van der Waals surface area contributed by atoms with Crippen molar-refractivity contribution in [1.29, 1.82) is 0 Å². The van der Waals surface area contributed by atoms with Gasteiger partial charge in [-0.2, -0.15) is 0 Å². The molecule has 1 aliphatic rings. The molecule has 156 valence electrons. The summed E-state index contributed by atoms with van der Waals surface area (Å²) in [6.07, 6.45) is 1.74. The van der Waals surface area contributed by atoms with Crippen LogP contribution < -0.4 is 4.74 Å². The molecule has 5 rings (SSSR count). The van der Waals surface area contributed by atoms with E-state index >= 15 is 0 Å². The van der Waals surface area contributed by atoms with Gasteiger partial charge in [-0.3, -0.25) is 14.5 Å². The SMILES string of the molecule is O=C1S/C(=C\c2cccc(Oc3ccccc3)c2)C(=O)N1Cc1ccc2ccccc2c1. The highest BCUT2D eigenvalue weighted by Gasteiger charge is 2.35. The van der Waals surface area contributed by atoms with E-state index in [0.717, 1.165) is 39.4 Å². The van der Waals surface area contributed by atoms with Gasteiger partial charge in [0.05, 0.1) is 11.4 Å². The monoisotopic (exact) mass is 437 g/mol. The van der Waals surface area contributed by atoms with E-state index in [4.69, 9.17) is 4.74 Å². The first kappa shape index (κ1) is 20.1. The Morgan fingerprint density at radius 3 is 2.34 bits per heavy atom. The number of para-hydroxylation sites is 1. The van der Waals surface area contributed by atoms with Crippen LogP contribution in [-0.4, -0.2) is 16.0 Å². The number of rotatable bonds is 5. The maximum atomic E-state index is 12.9. The molecule has 1 saturated heterocycles. The Morgan fingerprint density at radius 2 is 1.50 bits per heavy atom. The third-order valence-electron chi connectivity index (χ3n) is 5.16. The Kier molecular flexibility index (Phi) is 5.48. The van der Waals surface area contributed by atoms with E-state index in [0.29, 0.717) is 10.7 Å². The average Bonchev–Trinajstić information content (AvgIpc) is 3.07. The molecule has 4 nitrogen and oxygen atoms in total. The molecule has 0 saturated carbocycles. The van der Waals surface area contributed by atoms with Crippen LogP contribution in [0.15, 0.2) is 102 Å². The first-order valence-corrected chi connectivity index (χ1v) is 11.0. The topological polar surface area (TPSA) is 46.6 Å². The van der Waals surface area contributed by atoms with Gasteiger partial charge in [-0.15, -0.1) is 0 Å². The second-order valence-electron chi connectivity index (χ2n) is 7.44. The van der Waals surface area contributed by atoms with Crippen molar-refractivity contribution in [2.45, 2.75) is 6.54 Å². The summed E-state index contributed by atoms with van der Waals surface area (Å²) in [4.78, 5) is 27.2. The number of hydrogen-bond donors (Lipinski definition) is 0. The minimum absolute atomic E-state index is 0.254. The number of hydrogen-bond acceptors (Lipinski definition) is 4. The molecule has 1 fully saturated rings. The predicted octanol–water partition coefficient (Wildman–Crippen LogP) is 6.87. The number of nitrogens with zero attached hydrogens (tertiary/aromatic N) is 1. The molecule has 1 heterocycles. The lowest BCUT2D eigenvalue weighted by Gasteiger charge is -2.13. The Morgan fingerprint density at radius 1 is 0.750 bits per heavy atom. The Balaban J connectivity index is 1.34. The standard InChI is InChI=1S/C27H19NO3S/c29-26-25(17-19-7-6-12-24(16-19)31-23-10-2-1-3-11-23)32-27(30)28(26)18-20-13-14-21-8-4-5-9-22(21)15-20/h1-17H,18H2/b25-17-. The summed E-state index contributed by atoms with van der Waals surface area (Å²) in [6.45, 7) is 0.254. The lowest BCUT2D eigenvalue weighted by atomic mass is 10.1. The molecule has 0 bridgehead atoms. The van der Waals surface area contributed by atoms with Crippen LogP contribution in [0, 0.1) is 0 Å². The minimum atomic E-state index is -0.275. The van der Waals surface area contributed by atoms with Gasteiger partial charge in [-0.1, -0.05) is 66.7 Å². The molecule has 32 heavy (non-hydrogen) atoms. The van der Waals surface area contributed by atoms with Crippen molar-refractivity contribution < 1.29 is 14.3 Å². The highest BCUT2D eigenvalue weighted by molar-refractivity contribution is 8.18. The second kappa shape index (κ2) is 8.73. The van der Waals surface area contributed by atoms with Crippen LogP contribution in [0.4, 0.5) is 4.79 Å². The lowest BCUT2D eigenvalue weighted by Crippen LogP contribution is -2.27. The molecule has 0 unspecified atom stereocenters. The molecule has 0 radical (unpaired) electrons. The van der Waals surface area contributed by atoms with E-state index < -0.39 is 0 Å². The fourth-order valence-electron chi connectivity index (χ4n) is 3.60. The van der Waals surface area contributed by atoms with Crippen LogP contribution >= 0.6 is 11.8 Å². The fraction of sp³-hybridized carbons (Fsp3) is 0.0370. The van der Waals surface area contributed by atoms with E-state index in [1.54, 1.807) is 6.08 Å². The molecular weight excluding hydrogens is 418 g/mol. The number of imide groups is 1. The summed E-state index contributed by atoms with van der Waals surface area (Å²) in [7, 11) is 0. The first-order valence-electron chi connectivity index (χ1n) is 10.2. The largest absolute Gasteiger partial charge is 0.457 e. The molecule has 0 atom stereocenters. The van der Waals surface area contributed by atoms with Gasteiger partial charge in [0.25, 0.3) is 11.1 Å². The van der Waals surface area contributed by atoms with Crippen LogP contribution in [0.3, 0.4) is 0 Å². The van der Waals surface area contributed by atoms with Crippen molar-refractivity contribution >= 4 is 39.8 Å². The molecule has 4 aromatic carbocycles. The zero-order chi connectivity index (χ0) is 21.9. The van der Waals surface area contributed by atoms with Crippen molar-refractivity contribution in [2.24, 2.45) is 0 Å². The van der Waals surface area contributed by atoms with Crippen LogP contribution in [0.1, 0.15) is 11.1 Å². The number of carbonyl (C=O) groups excluding carboxylic acids is 2. The van der Waals surface area contributed by atoms with Crippen molar-refractivity contribution in [3.63, 3.8) is 0 Å². The van der Waals surface area contributed by atoms with Crippen molar-refractivity contribution in [1.82, 2.24) is 4.90 Å². The van der Waals surface area contributed by atoms with Crippen LogP contribution in [0.2, 0.25) is 0 Å². The molecule has 5 heteroatoms. The zero-order valence-corrected chi connectivity index (χ0v) is 17.9. The summed E-state index contributed by atoms with van der Waals surface area (Å²) in [5.74, 6) is 1.13. The highest BCUT2D eigenvalue weighted by atomic mass is 32.2. The van der Waals surface area contributed by atoms with E-state index in [2.05, 4.69) is 0 Å². The van der Waals surface area contributed by atoms with E-state index in [1.807, 2.05) is 97.1 Å². The molecule has 0 N–H and O–H groups in total. The third kappa shape index (κ3) is 4.29. The Bertz CT molecular complexity index is 1350. The van der Waals surface area contributed by atoms with Crippen LogP contribution in [-0.2, 0) is 11.3 Å². The fourth-order valence-corrected chi connectivity index (χ4v) is 4.44. The summed E-state index contributed by atoms with van der Waals surface area (Å²) >= 11 is 0.967. The summed E-state index contributed by atoms with van der Waals surface area (Å²) in [6, 6.07) is 31.0. The predicted molar refractivity (Wildman–Crippen MR) is 128 cm³/mol. The first-order chi connectivity index (χ1) is 15.7. The molecule has 2 amide bonds. The molecule has 0 aromatic heterocycles. The van der Waals surface area contributed by atoms with Gasteiger partial charge < -0.3 is 4.74 Å². The van der Waals surface area contributed by atoms with E-state index in [1.165, 1.54) is 4.90 Å². The summed E-state index contributed by atoms with van der Waals surface area (Å²) in [5, 5.41) is 1.96. The molecule has 4 aromatic rings. The maximum absolute atomic E-state index is 12.9. The summed E-state index contributed by atoms with van der Waals surface area (Å²) < 4.78 is 5.87. The molecular formula is C27H19NO3S. The van der Waals surface area contributed by atoms with Gasteiger partial charge >= 0.3 is 0 Å². The third-order valence-corrected chi connectivity index (χ3v) is 6.07. The Hall–Kier alpha value is -3.83. The number of ether oxygens (including phenoxy) is 1. The quantitative estimate of drug-likeness (QED) is 0.320. The zero-order valence-electron chi connectivity index (χ0n) is 17.1. The number of fused-ring (bicyclic) bond motifs is 1. The lowest BCUT2D eigenvalue weighted by molar-refractivity contribution is -0.123. The van der Waals surface area contributed by atoms with Gasteiger partial charge in [0.15, 0.2) is 0 Å². The van der Waals surface area contributed by atoms with Gasteiger partial charge in [0, 0.05) is 0 Å². The maximum Gasteiger partial charge on any atom is 0.293 e. The number of benzene rings is 4. The molecule has 0 spiro atoms. The number of carbonyl (C=O) groups is 2. The highest BCUT2D eigenvalue weighted by Crippen LogP contribution is 2.34. The summed E-state index contributed by atoms with van der Waals surface area (Å²) in [5.41, 5.74) is 1.72. The van der Waals surface area contributed by atoms with Gasteiger partial charge in [-0.05, 0) is 70.1 Å². The van der Waals surface area contributed by atoms with Gasteiger partial charge in [0.2, 0.25) is 0 Å². The van der Waals surface area contributed by atoms with Crippen molar-refractivity contribution in [3.8, 4) is 11.5 Å². The van der Waals surface area contributed by atoms with E-state index in [9.17, 15) is 9.59 Å². The molecule has 1 aliphatic heterocycles. The van der Waals surface area contributed by atoms with Crippen molar-refractivity contribution in [2.75, 3.05) is 0 Å². The number of thioether (sulfide) groups is 1. The second-order valence-corrected chi connectivity index (χ2v) is 8.43. The normalized spacial score (nSPS) is 15.0. The Labute approximate surface area is 190 Å². The van der Waals surface area contributed by atoms with Crippen LogP contribution in [0.25, 0.3) is 16.8 Å². The smallest absolute Gasteiger partial charge is 0.293 e. The average molecular weight is 438 g/mol. The van der Waals surface area contributed by atoms with Crippen molar-refractivity contribution in [3.05, 3.63) is 113 Å². The van der Waals surface area contributed by atoms with Crippen LogP contribution in [0.5, 0.6) is 11.5 Å². The van der Waals surface area contributed by atoms with Gasteiger partial charge in [-0.25, -0.2) is 0 Å².